The van der Waals surface area contributed by atoms with Crippen molar-refractivity contribution in [3.05, 3.63) is 90.5 Å². The maximum Gasteiger partial charge on any atom is 0.256 e. The van der Waals surface area contributed by atoms with E-state index in [0.29, 0.717) is 16.8 Å². The van der Waals surface area contributed by atoms with Crippen LogP contribution in [0.5, 0.6) is 0 Å². The van der Waals surface area contributed by atoms with E-state index in [1.54, 1.807) is 4.80 Å². The average molecular weight is 407 g/mol. The second-order valence-corrected chi connectivity index (χ2v) is 7.58. The van der Waals surface area contributed by atoms with Crippen LogP contribution in [0.1, 0.15) is 10.4 Å². The molecular formula is C25H21N5O. The van der Waals surface area contributed by atoms with E-state index in [9.17, 15) is 4.79 Å². The molecule has 6 nitrogen and oxygen atoms in total. The normalized spacial score (nSPS) is 11.0. The van der Waals surface area contributed by atoms with Crippen molar-refractivity contribution >= 4 is 39.1 Å². The van der Waals surface area contributed by atoms with Gasteiger partial charge in [-0.15, -0.1) is 10.2 Å². The van der Waals surface area contributed by atoms with Crippen LogP contribution in [0, 0.1) is 0 Å². The number of carbonyl (C=O) groups is 1. The highest BCUT2D eigenvalue weighted by Crippen LogP contribution is 2.22. The lowest BCUT2D eigenvalue weighted by Crippen LogP contribution is -2.12. The first-order chi connectivity index (χ1) is 15.1. The first-order valence-corrected chi connectivity index (χ1v) is 10.0. The van der Waals surface area contributed by atoms with Crippen LogP contribution in [0.4, 0.5) is 11.4 Å². The van der Waals surface area contributed by atoms with Crippen LogP contribution in [-0.2, 0) is 0 Å². The summed E-state index contributed by atoms with van der Waals surface area (Å²) in [5.74, 6) is -0.150. The minimum Gasteiger partial charge on any atom is -0.378 e. The quantitative estimate of drug-likeness (QED) is 0.461. The molecule has 1 N–H and O–H groups in total. The molecule has 0 aliphatic rings. The number of aromatic nitrogens is 3. The Morgan fingerprint density at radius 1 is 0.839 bits per heavy atom. The number of carbonyl (C=O) groups excluding carboxylic acids is 1. The maximum atomic E-state index is 12.9. The van der Waals surface area contributed by atoms with Crippen molar-refractivity contribution in [2.45, 2.75) is 0 Å². The summed E-state index contributed by atoms with van der Waals surface area (Å²) in [4.78, 5) is 16.6. The van der Waals surface area contributed by atoms with E-state index in [0.717, 1.165) is 27.7 Å². The highest BCUT2D eigenvalue weighted by Gasteiger charge is 2.12. The lowest BCUT2D eigenvalue weighted by Gasteiger charge is -2.12. The van der Waals surface area contributed by atoms with Gasteiger partial charge in [0.15, 0.2) is 0 Å². The molecule has 4 aromatic carbocycles. The summed E-state index contributed by atoms with van der Waals surface area (Å²) < 4.78 is 0. The van der Waals surface area contributed by atoms with Crippen molar-refractivity contribution in [1.29, 1.82) is 0 Å². The molecule has 1 amide bonds. The first kappa shape index (κ1) is 18.8. The molecule has 0 unspecified atom stereocenters. The number of fused-ring (bicyclic) bond motifs is 2. The minimum atomic E-state index is -0.150. The van der Waals surface area contributed by atoms with E-state index in [4.69, 9.17) is 0 Å². The van der Waals surface area contributed by atoms with Crippen LogP contribution in [0.25, 0.3) is 27.5 Å². The van der Waals surface area contributed by atoms with Crippen LogP contribution in [0.3, 0.4) is 0 Å². The number of benzene rings is 4. The monoisotopic (exact) mass is 407 g/mol. The smallest absolute Gasteiger partial charge is 0.256 e. The molecule has 5 aromatic rings. The molecule has 0 saturated heterocycles. The largest absolute Gasteiger partial charge is 0.378 e. The summed E-state index contributed by atoms with van der Waals surface area (Å²) in [6.07, 6.45) is 0. The van der Waals surface area contributed by atoms with Gasteiger partial charge in [-0.05, 0) is 59.3 Å². The predicted molar refractivity (Wildman–Crippen MR) is 125 cm³/mol. The van der Waals surface area contributed by atoms with Gasteiger partial charge in [-0.1, -0.05) is 36.4 Å². The van der Waals surface area contributed by atoms with Crippen molar-refractivity contribution in [3.63, 3.8) is 0 Å². The Morgan fingerprint density at radius 2 is 1.58 bits per heavy atom. The summed E-state index contributed by atoms with van der Waals surface area (Å²) in [5, 5.41) is 14.1. The standard InChI is InChI=1S/C25H21N5O/c1-29(2)19-11-13-20(14-12-19)30-27-23-15-10-18(16-24(23)28-30)26-25(31)22-9-5-7-17-6-3-4-8-21(17)22/h3-16H,1-2H3,(H,26,31). The second kappa shape index (κ2) is 7.57. The van der Waals surface area contributed by atoms with Crippen LogP contribution < -0.4 is 10.2 Å². The van der Waals surface area contributed by atoms with Gasteiger partial charge in [-0.3, -0.25) is 4.79 Å². The van der Waals surface area contributed by atoms with E-state index in [-0.39, 0.29) is 5.91 Å². The highest BCUT2D eigenvalue weighted by molar-refractivity contribution is 6.13. The molecule has 0 atom stereocenters. The van der Waals surface area contributed by atoms with E-state index >= 15 is 0 Å². The Hall–Kier alpha value is -4.19. The van der Waals surface area contributed by atoms with Gasteiger partial charge in [0.2, 0.25) is 0 Å². The molecule has 0 fully saturated rings. The molecule has 0 aliphatic heterocycles. The van der Waals surface area contributed by atoms with Gasteiger partial charge in [-0.25, -0.2) is 0 Å². The second-order valence-electron chi connectivity index (χ2n) is 7.58. The Morgan fingerprint density at radius 3 is 2.39 bits per heavy atom. The molecule has 31 heavy (non-hydrogen) atoms. The Kier molecular flexibility index (Phi) is 4.59. The molecule has 0 bridgehead atoms. The molecule has 6 heteroatoms. The van der Waals surface area contributed by atoms with Crippen molar-refractivity contribution in [3.8, 4) is 5.69 Å². The number of rotatable bonds is 4. The number of hydrogen-bond donors (Lipinski definition) is 1. The van der Waals surface area contributed by atoms with E-state index in [2.05, 4.69) is 15.5 Å². The molecule has 152 valence electrons. The van der Waals surface area contributed by atoms with E-state index < -0.39 is 0 Å². The Balaban J connectivity index is 1.43. The summed E-state index contributed by atoms with van der Waals surface area (Å²) in [6, 6.07) is 27.2. The van der Waals surface area contributed by atoms with E-state index in [1.165, 1.54) is 0 Å². The SMILES string of the molecule is CN(C)c1ccc(-n2nc3ccc(NC(=O)c4cccc5ccccc45)cc3n2)cc1. The number of amides is 1. The fraction of sp³-hybridized carbons (Fsp3) is 0.0800. The first-order valence-electron chi connectivity index (χ1n) is 10.0. The van der Waals surface area contributed by atoms with Crippen LogP contribution in [-0.4, -0.2) is 35.0 Å². The molecule has 5 rings (SSSR count). The number of nitrogens with one attached hydrogen (secondary N) is 1. The van der Waals surface area contributed by atoms with Gasteiger partial charge in [-0.2, -0.15) is 4.80 Å². The van der Waals surface area contributed by atoms with Crippen LogP contribution in [0.15, 0.2) is 84.9 Å². The zero-order valence-electron chi connectivity index (χ0n) is 17.3. The van der Waals surface area contributed by atoms with Crippen molar-refractivity contribution in [1.82, 2.24) is 15.0 Å². The number of anilines is 2. The molecular weight excluding hydrogens is 386 g/mol. The zero-order valence-corrected chi connectivity index (χ0v) is 17.3. The summed E-state index contributed by atoms with van der Waals surface area (Å²) in [6.45, 7) is 0. The third-order valence-electron chi connectivity index (χ3n) is 5.27. The van der Waals surface area contributed by atoms with Gasteiger partial charge in [0, 0.05) is 31.0 Å². The number of hydrogen-bond acceptors (Lipinski definition) is 4. The molecule has 1 aromatic heterocycles. The predicted octanol–water partition coefficient (Wildman–Crippen LogP) is 4.89. The molecule has 0 aliphatic carbocycles. The van der Waals surface area contributed by atoms with Gasteiger partial charge in [0.05, 0.1) is 5.69 Å². The summed E-state index contributed by atoms with van der Waals surface area (Å²) in [5.41, 5.74) is 4.79. The Bertz CT molecular complexity index is 1400. The average Bonchev–Trinajstić information content (AvgIpc) is 3.22. The summed E-state index contributed by atoms with van der Waals surface area (Å²) >= 11 is 0. The number of nitrogens with zero attached hydrogens (tertiary/aromatic N) is 4. The summed E-state index contributed by atoms with van der Waals surface area (Å²) in [7, 11) is 4.01. The van der Waals surface area contributed by atoms with Gasteiger partial charge >= 0.3 is 0 Å². The minimum absolute atomic E-state index is 0.150. The third-order valence-corrected chi connectivity index (χ3v) is 5.27. The highest BCUT2D eigenvalue weighted by atomic mass is 16.1. The van der Waals surface area contributed by atoms with Gasteiger partial charge in [0.25, 0.3) is 5.91 Å². The van der Waals surface area contributed by atoms with Gasteiger partial charge < -0.3 is 10.2 Å². The van der Waals surface area contributed by atoms with Crippen molar-refractivity contribution in [2.24, 2.45) is 0 Å². The lowest BCUT2D eigenvalue weighted by molar-refractivity contribution is 0.102. The fourth-order valence-electron chi connectivity index (χ4n) is 3.61. The van der Waals surface area contributed by atoms with Crippen LogP contribution in [0.2, 0.25) is 0 Å². The Labute approximate surface area is 179 Å². The van der Waals surface area contributed by atoms with Crippen molar-refractivity contribution < 1.29 is 4.79 Å². The molecule has 0 saturated carbocycles. The molecule has 0 spiro atoms. The van der Waals surface area contributed by atoms with E-state index in [1.807, 2.05) is 104 Å². The maximum absolute atomic E-state index is 12.9. The zero-order chi connectivity index (χ0) is 21.4. The lowest BCUT2D eigenvalue weighted by atomic mass is 10.0. The molecule has 0 radical (unpaired) electrons. The van der Waals surface area contributed by atoms with Crippen molar-refractivity contribution in [2.75, 3.05) is 24.3 Å². The third kappa shape index (κ3) is 3.59. The molecule has 1 heterocycles. The van der Waals surface area contributed by atoms with Crippen LogP contribution >= 0.6 is 0 Å². The topological polar surface area (TPSA) is 63.1 Å². The fourth-order valence-corrected chi connectivity index (χ4v) is 3.61. The van der Waals surface area contributed by atoms with Gasteiger partial charge in [0.1, 0.15) is 11.0 Å².